The van der Waals surface area contributed by atoms with Gasteiger partial charge in [-0.15, -0.1) is 0 Å². The van der Waals surface area contributed by atoms with Crippen LogP contribution in [0.5, 0.6) is 0 Å². The van der Waals surface area contributed by atoms with Crippen molar-refractivity contribution in [3.63, 3.8) is 0 Å². The summed E-state index contributed by atoms with van der Waals surface area (Å²) in [6.45, 7) is -0.148. The number of aldehydes is 1. The lowest BCUT2D eigenvalue weighted by atomic mass is 10.1. The number of benzene rings is 1. The average molecular weight is 180 g/mol. The van der Waals surface area contributed by atoms with Crippen LogP contribution in [0.4, 0.5) is 4.39 Å². The summed E-state index contributed by atoms with van der Waals surface area (Å²) in [6.07, 6.45) is 3.49. The van der Waals surface area contributed by atoms with E-state index in [2.05, 4.69) is 0 Å². The fourth-order valence-electron chi connectivity index (χ4n) is 0.943. The predicted octanol–water partition coefficient (Wildman–Crippen LogP) is 1.64. The highest BCUT2D eigenvalue weighted by molar-refractivity contribution is 5.76. The Morgan fingerprint density at radius 1 is 1.46 bits per heavy atom. The Morgan fingerprint density at radius 2 is 2.23 bits per heavy atom. The van der Waals surface area contributed by atoms with Crippen molar-refractivity contribution in [2.45, 2.75) is 0 Å². The minimum Gasteiger partial charge on any atom is -0.392 e. The molecule has 1 rings (SSSR count). The van der Waals surface area contributed by atoms with Crippen molar-refractivity contribution >= 4 is 12.4 Å². The lowest BCUT2D eigenvalue weighted by Crippen LogP contribution is -1.86. The van der Waals surface area contributed by atoms with Gasteiger partial charge in [-0.25, -0.2) is 4.39 Å². The Bertz CT molecular complexity index is 332. The van der Waals surface area contributed by atoms with E-state index in [1.54, 1.807) is 0 Å². The number of rotatable bonds is 3. The lowest BCUT2D eigenvalue weighted by Gasteiger charge is -1.97. The molecule has 0 radical (unpaired) electrons. The largest absolute Gasteiger partial charge is 0.392 e. The molecule has 0 aliphatic carbocycles. The van der Waals surface area contributed by atoms with E-state index in [0.29, 0.717) is 17.4 Å². The zero-order chi connectivity index (χ0) is 9.68. The van der Waals surface area contributed by atoms with Crippen LogP contribution < -0.4 is 0 Å². The Labute approximate surface area is 75.3 Å². The van der Waals surface area contributed by atoms with E-state index >= 15 is 0 Å². The van der Waals surface area contributed by atoms with Crippen LogP contribution in [0.2, 0.25) is 0 Å². The van der Waals surface area contributed by atoms with Gasteiger partial charge in [0.25, 0.3) is 0 Å². The normalized spacial score (nSPS) is 10.6. The molecule has 0 fully saturated rings. The third-order valence-corrected chi connectivity index (χ3v) is 1.56. The molecule has 0 bridgehead atoms. The Kier molecular flexibility index (Phi) is 3.34. The Balaban J connectivity index is 3.03. The molecule has 0 heterocycles. The van der Waals surface area contributed by atoms with Crippen LogP contribution in [0, 0.1) is 5.82 Å². The highest BCUT2D eigenvalue weighted by Crippen LogP contribution is 2.10. The van der Waals surface area contributed by atoms with Gasteiger partial charge in [-0.2, -0.15) is 0 Å². The fourth-order valence-corrected chi connectivity index (χ4v) is 0.943. The van der Waals surface area contributed by atoms with Gasteiger partial charge in [0, 0.05) is 11.1 Å². The average Bonchev–Trinajstić information content (AvgIpc) is 2.17. The number of aliphatic hydroxyl groups excluding tert-OH is 1. The number of hydrogen-bond acceptors (Lipinski definition) is 2. The summed E-state index contributed by atoms with van der Waals surface area (Å²) >= 11 is 0. The van der Waals surface area contributed by atoms with Crippen LogP contribution in [-0.4, -0.2) is 18.0 Å². The molecule has 13 heavy (non-hydrogen) atoms. The minimum atomic E-state index is -0.407. The minimum absolute atomic E-state index is 0.148. The second kappa shape index (κ2) is 4.52. The summed E-state index contributed by atoms with van der Waals surface area (Å²) in [5, 5.41) is 8.47. The molecular formula is C10H9FO2. The second-order valence-corrected chi connectivity index (χ2v) is 2.48. The summed E-state index contributed by atoms with van der Waals surface area (Å²) in [6, 6.07) is 4.05. The maximum absolute atomic E-state index is 13.0. The molecule has 0 unspecified atom stereocenters. The van der Waals surface area contributed by atoms with E-state index in [4.69, 9.17) is 5.11 Å². The first-order chi connectivity index (χ1) is 6.27. The van der Waals surface area contributed by atoms with Crippen LogP contribution in [0.3, 0.4) is 0 Å². The summed E-state index contributed by atoms with van der Waals surface area (Å²) < 4.78 is 13.0. The first-order valence-electron chi connectivity index (χ1n) is 3.80. The smallest absolute Gasteiger partial charge is 0.150 e. The van der Waals surface area contributed by atoms with Gasteiger partial charge < -0.3 is 5.11 Å². The van der Waals surface area contributed by atoms with E-state index in [0.717, 1.165) is 0 Å². The first kappa shape index (κ1) is 9.61. The fraction of sp³-hybridized carbons (Fsp3) is 0.100. The van der Waals surface area contributed by atoms with Crippen molar-refractivity contribution in [3.8, 4) is 0 Å². The highest BCUT2D eigenvalue weighted by Gasteiger charge is 1.98. The van der Waals surface area contributed by atoms with Crippen LogP contribution >= 0.6 is 0 Å². The number of carbonyl (C=O) groups excluding carboxylic acids is 1. The van der Waals surface area contributed by atoms with E-state index in [-0.39, 0.29) is 6.61 Å². The molecule has 1 aromatic rings. The molecule has 0 amide bonds. The zero-order valence-electron chi connectivity index (χ0n) is 6.90. The molecule has 0 atom stereocenters. The first-order valence-corrected chi connectivity index (χ1v) is 3.80. The zero-order valence-corrected chi connectivity index (χ0v) is 6.90. The molecule has 1 aromatic carbocycles. The molecule has 0 aliphatic heterocycles. The maximum atomic E-state index is 13.0. The number of halogens is 1. The van der Waals surface area contributed by atoms with Crippen molar-refractivity contribution in [2.24, 2.45) is 0 Å². The standard InChI is InChI=1S/C10H9FO2/c11-10-4-3-8(7-13)6-9(10)2-1-5-12/h1-4,6-7,12H,5H2. The lowest BCUT2D eigenvalue weighted by molar-refractivity contribution is 0.112. The van der Waals surface area contributed by atoms with Crippen molar-refractivity contribution in [1.82, 2.24) is 0 Å². The van der Waals surface area contributed by atoms with E-state index in [1.165, 1.54) is 30.4 Å². The van der Waals surface area contributed by atoms with Crippen LogP contribution in [-0.2, 0) is 0 Å². The SMILES string of the molecule is O=Cc1ccc(F)c(C=CCO)c1. The molecule has 2 nitrogen and oxygen atoms in total. The van der Waals surface area contributed by atoms with Gasteiger partial charge in [0.2, 0.25) is 0 Å². The summed E-state index contributed by atoms with van der Waals surface area (Å²) in [5.74, 6) is -0.407. The topological polar surface area (TPSA) is 37.3 Å². The molecule has 0 aromatic heterocycles. The van der Waals surface area contributed by atoms with Crippen molar-refractivity contribution < 1.29 is 14.3 Å². The maximum Gasteiger partial charge on any atom is 0.150 e. The van der Waals surface area contributed by atoms with Gasteiger partial charge in [0.1, 0.15) is 12.1 Å². The van der Waals surface area contributed by atoms with Crippen LogP contribution in [0.1, 0.15) is 15.9 Å². The molecule has 0 aliphatic rings. The molecule has 68 valence electrons. The van der Waals surface area contributed by atoms with Gasteiger partial charge in [-0.1, -0.05) is 12.2 Å². The third-order valence-electron chi connectivity index (χ3n) is 1.56. The summed E-state index contributed by atoms with van der Waals surface area (Å²) in [7, 11) is 0. The number of aliphatic hydroxyl groups is 1. The van der Waals surface area contributed by atoms with Crippen molar-refractivity contribution in [3.05, 3.63) is 41.2 Å². The molecule has 0 spiro atoms. The quantitative estimate of drug-likeness (QED) is 0.718. The monoisotopic (exact) mass is 180 g/mol. The van der Waals surface area contributed by atoms with Gasteiger partial charge in [-0.3, -0.25) is 4.79 Å². The number of hydrogen-bond donors (Lipinski definition) is 1. The van der Waals surface area contributed by atoms with Crippen LogP contribution in [0.15, 0.2) is 24.3 Å². The van der Waals surface area contributed by atoms with Crippen molar-refractivity contribution in [2.75, 3.05) is 6.61 Å². The Morgan fingerprint density at radius 3 is 2.85 bits per heavy atom. The predicted molar refractivity (Wildman–Crippen MR) is 47.9 cm³/mol. The third kappa shape index (κ3) is 2.49. The molecule has 3 heteroatoms. The van der Waals surface area contributed by atoms with Crippen molar-refractivity contribution in [1.29, 1.82) is 0 Å². The molecule has 0 saturated carbocycles. The highest BCUT2D eigenvalue weighted by atomic mass is 19.1. The molecule has 1 N–H and O–H groups in total. The summed E-state index contributed by atoms with van der Waals surface area (Å²) in [5.41, 5.74) is 0.720. The molecule has 0 saturated heterocycles. The van der Waals surface area contributed by atoms with E-state index in [1.807, 2.05) is 0 Å². The number of carbonyl (C=O) groups is 1. The van der Waals surface area contributed by atoms with Gasteiger partial charge in [0.15, 0.2) is 0 Å². The van der Waals surface area contributed by atoms with Crippen LogP contribution in [0.25, 0.3) is 6.08 Å². The van der Waals surface area contributed by atoms with Gasteiger partial charge in [0.05, 0.1) is 6.61 Å². The Hall–Kier alpha value is -1.48. The second-order valence-electron chi connectivity index (χ2n) is 2.48. The van der Waals surface area contributed by atoms with Gasteiger partial charge >= 0.3 is 0 Å². The van der Waals surface area contributed by atoms with Gasteiger partial charge in [-0.05, 0) is 18.2 Å². The van der Waals surface area contributed by atoms with E-state index < -0.39 is 5.82 Å². The van der Waals surface area contributed by atoms with E-state index in [9.17, 15) is 9.18 Å². The molecular weight excluding hydrogens is 171 g/mol. The summed E-state index contributed by atoms with van der Waals surface area (Å²) in [4.78, 5) is 10.3.